The maximum atomic E-state index is 12.7. The molecule has 0 saturated carbocycles. The van der Waals surface area contributed by atoms with E-state index in [1.807, 2.05) is 35.2 Å². The molecule has 1 atom stereocenters. The normalized spacial score (nSPS) is 18.0. The van der Waals surface area contributed by atoms with Gasteiger partial charge in [0.25, 0.3) is 5.91 Å². The fraction of sp³-hybridized carbons (Fsp3) is 0.235. The first-order chi connectivity index (χ1) is 10.8. The van der Waals surface area contributed by atoms with Crippen molar-refractivity contribution in [3.8, 4) is 0 Å². The number of pyridine rings is 1. The lowest BCUT2D eigenvalue weighted by atomic mass is 10.2. The summed E-state index contributed by atoms with van der Waals surface area (Å²) in [6.07, 6.45) is 3.65. The third kappa shape index (κ3) is 2.27. The number of hydrogen-bond donors (Lipinski definition) is 0. The molecule has 1 fully saturated rings. The number of benzene rings is 1. The highest BCUT2D eigenvalue weighted by molar-refractivity contribution is 7.18. The number of hydrogen-bond acceptors (Lipinski definition) is 4. The second-order valence-corrected chi connectivity index (χ2v) is 6.45. The summed E-state index contributed by atoms with van der Waals surface area (Å²) >= 11 is 1.69. The lowest BCUT2D eigenvalue weighted by Gasteiger charge is -2.22. The van der Waals surface area contributed by atoms with Crippen LogP contribution in [0.25, 0.3) is 10.2 Å². The molecule has 4 nitrogen and oxygen atoms in total. The largest absolute Gasteiger partial charge is 0.328 e. The quantitative estimate of drug-likeness (QED) is 0.725. The highest BCUT2D eigenvalue weighted by Gasteiger charge is 2.33. The molecule has 0 spiro atoms. The molecule has 22 heavy (non-hydrogen) atoms. The van der Waals surface area contributed by atoms with Crippen LogP contribution in [0.3, 0.4) is 0 Å². The summed E-state index contributed by atoms with van der Waals surface area (Å²) in [6.45, 7) is 0.774. The number of fused-ring (bicyclic) bond motifs is 1. The highest BCUT2D eigenvalue weighted by Crippen LogP contribution is 2.36. The Kier molecular flexibility index (Phi) is 3.35. The predicted octanol–water partition coefficient (Wildman–Crippen LogP) is 3.67. The summed E-state index contributed by atoms with van der Waals surface area (Å²) < 4.78 is 1.18. The molecule has 1 aromatic carbocycles. The predicted molar refractivity (Wildman–Crippen MR) is 86.9 cm³/mol. The number of amides is 1. The van der Waals surface area contributed by atoms with Crippen LogP contribution in [0.15, 0.2) is 48.7 Å². The van der Waals surface area contributed by atoms with Crippen LogP contribution < -0.4 is 0 Å². The Morgan fingerprint density at radius 2 is 2.05 bits per heavy atom. The Morgan fingerprint density at radius 3 is 2.86 bits per heavy atom. The van der Waals surface area contributed by atoms with Gasteiger partial charge in [0.05, 0.1) is 16.3 Å². The SMILES string of the molecule is O=C(c1ccccn1)N1CCCC1c1nc2ccccc2s1. The van der Waals surface area contributed by atoms with Gasteiger partial charge in [0.1, 0.15) is 10.7 Å². The van der Waals surface area contributed by atoms with Crippen LogP contribution in [-0.2, 0) is 0 Å². The van der Waals surface area contributed by atoms with Gasteiger partial charge in [-0.05, 0) is 37.1 Å². The van der Waals surface area contributed by atoms with Crippen LogP contribution in [0.2, 0.25) is 0 Å². The maximum Gasteiger partial charge on any atom is 0.273 e. The van der Waals surface area contributed by atoms with Gasteiger partial charge in [0.15, 0.2) is 0 Å². The van der Waals surface area contributed by atoms with Crippen molar-refractivity contribution in [3.63, 3.8) is 0 Å². The van der Waals surface area contributed by atoms with E-state index in [4.69, 9.17) is 4.98 Å². The van der Waals surface area contributed by atoms with Gasteiger partial charge < -0.3 is 4.90 Å². The van der Waals surface area contributed by atoms with Gasteiger partial charge in [0, 0.05) is 12.7 Å². The van der Waals surface area contributed by atoms with Crippen molar-refractivity contribution in [2.45, 2.75) is 18.9 Å². The first-order valence-corrected chi connectivity index (χ1v) is 8.22. The van der Waals surface area contributed by atoms with Crippen LogP contribution in [0.1, 0.15) is 34.4 Å². The average molecular weight is 309 g/mol. The zero-order valence-corrected chi connectivity index (χ0v) is 12.8. The van der Waals surface area contributed by atoms with Gasteiger partial charge in [-0.15, -0.1) is 11.3 Å². The molecule has 1 unspecified atom stereocenters. The van der Waals surface area contributed by atoms with E-state index >= 15 is 0 Å². The van der Waals surface area contributed by atoms with Gasteiger partial charge >= 0.3 is 0 Å². The summed E-state index contributed by atoms with van der Waals surface area (Å²) in [6, 6.07) is 13.6. The third-order valence-corrected chi connectivity index (χ3v) is 5.13. The number of carbonyl (C=O) groups is 1. The Balaban J connectivity index is 1.67. The second kappa shape index (κ2) is 5.50. The highest BCUT2D eigenvalue weighted by atomic mass is 32.1. The van der Waals surface area contributed by atoms with E-state index in [9.17, 15) is 4.79 Å². The monoisotopic (exact) mass is 309 g/mol. The summed E-state index contributed by atoms with van der Waals surface area (Å²) in [5.41, 5.74) is 1.52. The van der Waals surface area contributed by atoms with Crippen LogP contribution in [-0.4, -0.2) is 27.3 Å². The molecule has 0 radical (unpaired) electrons. The molecule has 2 aromatic heterocycles. The van der Waals surface area contributed by atoms with Crippen LogP contribution in [0.4, 0.5) is 0 Å². The molecule has 1 amide bonds. The Morgan fingerprint density at radius 1 is 1.18 bits per heavy atom. The molecule has 0 bridgehead atoms. The number of nitrogens with zero attached hydrogens (tertiary/aromatic N) is 3. The number of rotatable bonds is 2. The molecule has 3 aromatic rings. The number of para-hydroxylation sites is 1. The average Bonchev–Trinajstić information content (AvgIpc) is 3.21. The van der Waals surface area contributed by atoms with Gasteiger partial charge in [-0.3, -0.25) is 9.78 Å². The zero-order valence-electron chi connectivity index (χ0n) is 12.0. The molecule has 4 rings (SSSR count). The third-order valence-electron chi connectivity index (χ3n) is 3.99. The fourth-order valence-corrected chi connectivity index (χ4v) is 4.05. The Bertz CT molecular complexity index is 782. The van der Waals surface area contributed by atoms with Crippen molar-refractivity contribution in [1.29, 1.82) is 0 Å². The first kappa shape index (κ1) is 13.4. The summed E-state index contributed by atoms with van der Waals surface area (Å²) in [5.74, 6) is 0.00218. The minimum absolute atomic E-state index is 0.00218. The Labute approximate surface area is 132 Å². The number of thiazole rings is 1. The Hall–Kier alpha value is -2.27. The van der Waals surface area contributed by atoms with E-state index in [0.29, 0.717) is 5.69 Å². The van der Waals surface area contributed by atoms with E-state index in [1.165, 1.54) is 4.70 Å². The van der Waals surface area contributed by atoms with E-state index in [1.54, 1.807) is 23.6 Å². The minimum Gasteiger partial charge on any atom is -0.328 e. The van der Waals surface area contributed by atoms with Crippen molar-refractivity contribution in [2.24, 2.45) is 0 Å². The smallest absolute Gasteiger partial charge is 0.273 e. The summed E-state index contributed by atoms with van der Waals surface area (Å²) in [5, 5.41) is 1.03. The van der Waals surface area contributed by atoms with E-state index in [-0.39, 0.29) is 11.9 Å². The summed E-state index contributed by atoms with van der Waals surface area (Å²) in [4.78, 5) is 23.5. The minimum atomic E-state index is 0.00218. The zero-order chi connectivity index (χ0) is 14.9. The maximum absolute atomic E-state index is 12.7. The van der Waals surface area contributed by atoms with Crippen LogP contribution >= 0.6 is 11.3 Å². The second-order valence-electron chi connectivity index (χ2n) is 5.39. The molecule has 3 heterocycles. The van der Waals surface area contributed by atoms with Crippen LogP contribution in [0, 0.1) is 0 Å². The number of carbonyl (C=O) groups excluding carboxylic acids is 1. The van der Waals surface area contributed by atoms with Crippen molar-refractivity contribution in [1.82, 2.24) is 14.9 Å². The molecule has 0 N–H and O–H groups in total. The van der Waals surface area contributed by atoms with Gasteiger partial charge in [-0.1, -0.05) is 18.2 Å². The first-order valence-electron chi connectivity index (χ1n) is 7.40. The van der Waals surface area contributed by atoms with Gasteiger partial charge in [-0.2, -0.15) is 0 Å². The van der Waals surface area contributed by atoms with Gasteiger partial charge in [-0.25, -0.2) is 4.98 Å². The van der Waals surface area contributed by atoms with Gasteiger partial charge in [0.2, 0.25) is 0 Å². The molecular weight excluding hydrogens is 294 g/mol. The van der Waals surface area contributed by atoms with Crippen molar-refractivity contribution >= 4 is 27.5 Å². The van der Waals surface area contributed by atoms with Crippen molar-refractivity contribution in [3.05, 3.63) is 59.4 Å². The standard InChI is InChI=1S/C17H15N3OS/c21-17(13-7-3-4-10-18-13)20-11-5-8-14(20)16-19-12-6-1-2-9-15(12)22-16/h1-4,6-7,9-10,14H,5,8,11H2. The molecule has 110 valence electrons. The lowest BCUT2D eigenvalue weighted by Crippen LogP contribution is -2.31. The van der Waals surface area contributed by atoms with Crippen molar-refractivity contribution in [2.75, 3.05) is 6.54 Å². The number of likely N-dealkylation sites (tertiary alicyclic amines) is 1. The number of aromatic nitrogens is 2. The lowest BCUT2D eigenvalue weighted by molar-refractivity contribution is 0.0729. The molecule has 1 aliphatic rings. The molecule has 0 aliphatic carbocycles. The van der Waals surface area contributed by atoms with Crippen molar-refractivity contribution < 1.29 is 4.79 Å². The molecule has 1 saturated heterocycles. The van der Waals surface area contributed by atoms with E-state index < -0.39 is 0 Å². The summed E-state index contributed by atoms with van der Waals surface area (Å²) in [7, 11) is 0. The van der Waals surface area contributed by atoms with E-state index in [2.05, 4.69) is 11.1 Å². The van der Waals surface area contributed by atoms with Crippen LogP contribution in [0.5, 0.6) is 0 Å². The molecule has 1 aliphatic heterocycles. The van der Waals surface area contributed by atoms with E-state index in [0.717, 1.165) is 29.9 Å². The fourth-order valence-electron chi connectivity index (χ4n) is 2.94. The molecular formula is C17H15N3OS. The molecule has 5 heteroatoms. The topological polar surface area (TPSA) is 46.1 Å².